The van der Waals surface area contributed by atoms with Crippen molar-refractivity contribution in [3.05, 3.63) is 35.4 Å². The second kappa shape index (κ2) is 6.12. The molecule has 24 heavy (non-hydrogen) atoms. The molecular formula is C17H18F3NO3. The number of rotatable bonds is 2. The largest absolute Gasteiger partial charge is 0.493 e. The zero-order valence-electron chi connectivity index (χ0n) is 13.0. The van der Waals surface area contributed by atoms with Crippen LogP contribution >= 0.6 is 0 Å². The summed E-state index contributed by atoms with van der Waals surface area (Å²) in [5, 5.41) is 9.61. The number of likely N-dealkylation sites (tertiary alicyclic amines) is 1. The van der Waals surface area contributed by atoms with Gasteiger partial charge in [0.25, 0.3) is 0 Å². The molecule has 0 unspecified atom stereocenters. The SMILES string of the molecule is O=C(/C=C/c1ccc2c(c1)CCO2)N1CCC(O)(C(F)(F)F)CC1. The number of nitrogens with zero attached hydrogens (tertiary/aromatic N) is 1. The fraction of sp³-hybridized carbons (Fsp3) is 0.471. The van der Waals surface area contributed by atoms with Crippen molar-refractivity contribution in [2.24, 2.45) is 0 Å². The molecule has 2 aliphatic rings. The van der Waals surface area contributed by atoms with Gasteiger partial charge in [0, 0.05) is 38.4 Å². The lowest BCUT2D eigenvalue weighted by molar-refractivity contribution is -0.271. The minimum atomic E-state index is -4.66. The van der Waals surface area contributed by atoms with E-state index in [0.717, 1.165) is 23.3 Å². The number of aliphatic hydroxyl groups is 1. The smallest absolute Gasteiger partial charge is 0.417 e. The molecule has 1 aromatic rings. The minimum Gasteiger partial charge on any atom is -0.493 e. The summed E-state index contributed by atoms with van der Waals surface area (Å²) < 4.78 is 43.7. The number of fused-ring (bicyclic) bond motifs is 1. The molecule has 2 aliphatic heterocycles. The first-order valence-corrected chi connectivity index (χ1v) is 7.80. The molecule has 7 heteroatoms. The molecule has 0 saturated carbocycles. The molecule has 2 heterocycles. The van der Waals surface area contributed by atoms with Crippen molar-refractivity contribution in [3.63, 3.8) is 0 Å². The van der Waals surface area contributed by atoms with E-state index in [9.17, 15) is 23.1 Å². The van der Waals surface area contributed by atoms with Crippen LogP contribution in [0.25, 0.3) is 6.08 Å². The Kier molecular flexibility index (Phi) is 4.29. The molecule has 4 nitrogen and oxygen atoms in total. The predicted molar refractivity (Wildman–Crippen MR) is 81.5 cm³/mol. The van der Waals surface area contributed by atoms with Gasteiger partial charge in [-0.3, -0.25) is 4.79 Å². The van der Waals surface area contributed by atoms with Crippen LogP contribution in [0.2, 0.25) is 0 Å². The lowest BCUT2D eigenvalue weighted by atomic mass is 9.91. The molecule has 1 fully saturated rings. The highest BCUT2D eigenvalue weighted by Crippen LogP contribution is 2.38. The summed E-state index contributed by atoms with van der Waals surface area (Å²) in [6, 6.07) is 5.61. The Bertz CT molecular complexity index is 662. The second-order valence-electron chi connectivity index (χ2n) is 6.15. The van der Waals surface area contributed by atoms with Gasteiger partial charge in [-0.2, -0.15) is 13.2 Å². The maximum atomic E-state index is 12.8. The van der Waals surface area contributed by atoms with E-state index >= 15 is 0 Å². The van der Waals surface area contributed by atoms with Gasteiger partial charge in [0.15, 0.2) is 5.60 Å². The summed E-state index contributed by atoms with van der Waals surface area (Å²) in [5.74, 6) is 0.497. The first-order valence-electron chi connectivity index (χ1n) is 7.80. The highest BCUT2D eigenvalue weighted by Gasteiger charge is 2.54. The molecule has 1 saturated heterocycles. The van der Waals surface area contributed by atoms with Crippen molar-refractivity contribution >= 4 is 12.0 Å². The molecule has 0 atom stereocenters. The number of halogens is 3. The maximum Gasteiger partial charge on any atom is 0.417 e. The summed E-state index contributed by atoms with van der Waals surface area (Å²) in [7, 11) is 0. The van der Waals surface area contributed by atoms with Gasteiger partial charge in [0.05, 0.1) is 6.61 Å². The number of amides is 1. The van der Waals surface area contributed by atoms with Crippen molar-refractivity contribution in [2.45, 2.75) is 31.0 Å². The van der Waals surface area contributed by atoms with Crippen LogP contribution in [0.5, 0.6) is 5.75 Å². The Morgan fingerprint density at radius 3 is 2.67 bits per heavy atom. The van der Waals surface area contributed by atoms with Crippen LogP contribution in [0.3, 0.4) is 0 Å². The van der Waals surface area contributed by atoms with Crippen molar-refractivity contribution < 1.29 is 27.8 Å². The third-order valence-electron chi connectivity index (χ3n) is 4.56. The van der Waals surface area contributed by atoms with E-state index in [1.165, 1.54) is 11.0 Å². The van der Waals surface area contributed by atoms with Gasteiger partial charge in [0.2, 0.25) is 5.91 Å². The number of ether oxygens (including phenoxy) is 1. The zero-order valence-corrected chi connectivity index (χ0v) is 13.0. The first kappa shape index (κ1) is 16.8. The van der Waals surface area contributed by atoms with E-state index in [-0.39, 0.29) is 19.0 Å². The van der Waals surface area contributed by atoms with E-state index in [4.69, 9.17) is 4.74 Å². The molecule has 0 bridgehead atoms. The second-order valence-corrected chi connectivity index (χ2v) is 6.15. The predicted octanol–water partition coefficient (Wildman–Crippen LogP) is 2.55. The van der Waals surface area contributed by atoms with Gasteiger partial charge in [0.1, 0.15) is 5.75 Å². The third-order valence-corrected chi connectivity index (χ3v) is 4.56. The minimum absolute atomic E-state index is 0.114. The summed E-state index contributed by atoms with van der Waals surface area (Å²) in [6.45, 7) is 0.422. The summed E-state index contributed by atoms with van der Waals surface area (Å²) in [6.07, 6.45) is -1.82. The third kappa shape index (κ3) is 3.26. The highest BCUT2D eigenvalue weighted by molar-refractivity contribution is 5.91. The molecule has 0 aliphatic carbocycles. The van der Waals surface area contributed by atoms with Gasteiger partial charge in [-0.1, -0.05) is 6.07 Å². The number of carbonyl (C=O) groups excluding carboxylic acids is 1. The van der Waals surface area contributed by atoms with E-state index in [2.05, 4.69) is 0 Å². The van der Waals surface area contributed by atoms with E-state index < -0.39 is 24.6 Å². The van der Waals surface area contributed by atoms with Gasteiger partial charge in [-0.25, -0.2) is 0 Å². The van der Waals surface area contributed by atoms with Gasteiger partial charge >= 0.3 is 6.18 Å². The molecule has 3 rings (SSSR count). The Labute approximate surface area is 137 Å². The molecule has 0 radical (unpaired) electrons. The Balaban J connectivity index is 1.60. The van der Waals surface area contributed by atoms with Crippen LogP contribution in [-0.2, 0) is 11.2 Å². The zero-order chi connectivity index (χ0) is 17.4. The van der Waals surface area contributed by atoms with Gasteiger partial charge in [-0.15, -0.1) is 0 Å². The van der Waals surface area contributed by atoms with Crippen LogP contribution in [-0.4, -0.2) is 47.4 Å². The lowest BCUT2D eigenvalue weighted by Gasteiger charge is -2.38. The topological polar surface area (TPSA) is 49.8 Å². The monoisotopic (exact) mass is 341 g/mol. The average Bonchev–Trinajstić information content (AvgIpc) is 3.00. The molecule has 130 valence electrons. The highest BCUT2D eigenvalue weighted by atomic mass is 19.4. The van der Waals surface area contributed by atoms with E-state index in [0.29, 0.717) is 6.61 Å². The number of piperidine rings is 1. The van der Waals surface area contributed by atoms with Crippen molar-refractivity contribution in [1.29, 1.82) is 0 Å². The number of hydrogen-bond donors (Lipinski definition) is 1. The normalized spacial score (nSPS) is 20.1. The van der Waals surface area contributed by atoms with E-state index in [1.807, 2.05) is 18.2 Å². The molecule has 1 amide bonds. The fourth-order valence-electron chi connectivity index (χ4n) is 2.96. The van der Waals surface area contributed by atoms with Crippen LogP contribution in [0.4, 0.5) is 13.2 Å². The molecule has 1 aromatic carbocycles. The number of benzene rings is 1. The molecule has 0 spiro atoms. The van der Waals surface area contributed by atoms with Crippen LogP contribution < -0.4 is 4.74 Å². The summed E-state index contributed by atoms with van der Waals surface area (Å²) in [5.41, 5.74) is -0.762. The molecule has 1 N–H and O–H groups in total. The average molecular weight is 341 g/mol. The van der Waals surface area contributed by atoms with Gasteiger partial charge < -0.3 is 14.7 Å². The van der Waals surface area contributed by atoms with Crippen molar-refractivity contribution in [3.8, 4) is 5.75 Å². The quantitative estimate of drug-likeness (QED) is 0.841. The van der Waals surface area contributed by atoms with Gasteiger partial charge in [-0.05, 0) is 29.3 Å². The molecular weight excluding hydrogens is 323 g/mol. The number of alkyl halides is 3. The lowest BCUT2D eigenvalue weighted by Crippen LogP contribution is -2.54. The molecule has 0 aromatic heterocycles. The number of hydrogen-bond acceptors (Lipinski definition) is 3. The first-order chi connectivity index (χ1) is 11.3. The maximum absolute atomic E-state index is 12.8. The van der Waals surface area contributed by atoms with Crippen molar-refractivity contribution in [2.75, 3.05) is 19.7 Å². The van der Waals surface area contributed by atoms with Crippen LogP contribution in [0.15, 0.2) is 24.3 Å². The van der Waals surface area contributed by atoms with E-state index in [1.54, 1.807) is 6.08 Å². The fourth-order valence-corrected chi connectivity index (χ4v) is 2.96. The Hall–Kier alpha value is -2.02. The summed E-state index contributed by atoms with van der Waals surface area (Å²) in [4.78, 5) is 13.4. The van der Waals surface area contributed by atoms with Crippen LogP contribution in [0.1, 0.15) is 24.0 Å². The Morgan fingerprint density at radius 1 is 1.29 bits per heavy atom. The van der Waals surface area contributed by atoms with Crippen LogP contribution in [0, 0.1) is 0 Å². The number of carbonyl (C=O) groups is 1. The standard InChI is InChI=1S/C17H18F3NO3/c18-17(19,20)16(23)6-8-21(9-7-16)15(22)4-2-12-1-3-14-13(11-12)5-10-24-14/h1-4,11,23H,5-10H2/b4-2+. The Morgan fingerprint density at radius 2 is 2.00 bits per heavy atom. The summed E-state index contributed by atoms with van der Waals surface area (Å²) >= 11 is 0. The van der Waals surface area contributed by atoms with Crippen molar-refractivity contribution in [1.82, 2.24) is 4.90 Å².